The van der Waals surface area contributed by atoms with Gasteiger partial charge in [-0.3, -0.25) is 0 Å². The lowest BCUT2D eigenvalue weighted by Crippen LogP contribution is -2.29. The van der Waals surface area contributed by atoms with Crippen molar-refractivity contribution in [3.05, 3.63) is 65.7 Å². The first-order chi connectivity index (χ1) is 12.8. The second-order valence-electron chi connectivity index (χ2n) is 7.02. The summed E-state index contributed by atoms with van der Waals surface area (Å²) in [7, 11) is 0. The van der Waals surface area contributed by atoms with Crippen molar-refractivity contribution in [2.24, 2.45) is 0 Å². The molecule has 0 unspecified atom stereocenters. The zero-order chi connectivity index (χ0) is 18.2. The highest BCUT2D eigenvalue weighted by Gasteiger charge is 2.11. The normalized spacial score (nSPS) is 15.2. The lowest BCUT2D eigenvalue weighted by Gasteiger charge is -2.29. The molecule has 0 radical (unpaired) electrons. The molecular weight excluding hydrogens is 318 g/mol. The first-order valence-electron chi connectivity index (χ1n) is 10.1. The Labute approximate surface area is 158 Å². The predicted octanol–water partition coefficient (Wildman–Crippen LogP) is 6.31. The number of unbranched alkanes of at least 4 members (excludes halogenated alkanes) is 1. The third-order valence-corrected chi connectivity index (χ3v) is 5.12. The maximum Gasteiger partial charge on any atom is 0.119 e. The Bertz CT molecular complexity index is 694. The van der Waals surface area contributed by atoms with E-state index < -0.39 is 0 Å². The van der Waals surface area contributed by atoms with Crippen molar-refractivity contribution in [1.82, 2.24) is 0 Å². The fraction of sp³-hybridized carbons (Fsp3) is 0.417. The standard InChI is InChI=1S/C24H31NO/c1-3-5-19-26-23-15-11-21(12-16-23)24(4-2)20-9-13-22(14-10-20)25-17-7-6-8-18-25/h4,9-16H,3,5-8,17-19H2,1-2H3. The summed E-state index contributed by atoms with van der Waals surface area (Å²) < 4.78 is 5.78. The molecule has 1 aliphatic heterocycles. The lowest BCUT2D eigenvalue weighted by molar-refractivity contribution is 0.309. The Kier molecular flexibility index (Phi) is 6.76. The van der Waals surface area contributed by atoms with Crippen LogP contribution in [0.25, 0.3) is 5.57 Å². The number of hydrogen-bond donors (Lipinski definition) is 0. The molecule has 0 aliphatic carbocycles. The van der Waals surface area contributed by atoms with E-state index in [1.54, 1.807) is 0 Å². The maximum absolute atomic E-state index is 5.78. The minimum Gasteiger partial charge on any atom is -0.494 e. The van der Waals surface area contributed by atoms with Crippen molar-refractivity contribution in [2.75, 3.05) is 24.6 Å². The minimum absolute atomic E-state index is 0.796. The highest BCUT2D eigenvalue weighted by Crippen LogP contribution is 2.28. The van der Waals surface area contributed by atoms with Crippen LogP contribution in [0.15, 0.2) is 54.6 Å². The van der Waals surface area contributed by atoms with E-state index in [1.807, 2.05) is 0 Å². The number of piperidine rings is 1. The van der Waals surface area contributed by atoms with E-state index >= 15 is 0 Å². The average molecular weight is 350 g/mol. The number of nitrogens with zero attached hydrogens (tertiary/aromatic N) is 1. The van der Waals surface area contributed by atoms with Gasteiger partial charge in [-0.2, -0.15) is 0 Å². The largest absolute Gasteiger partial charge is 0.494 e. The Morgan fingerprint density at radius 3 is 2.12 bits per heavy atom. The molecule has 1 fully saturated rings. The van der Waals surface area contributed by atoms with Gasteiger partial charge in [0.05, 0.1) is 6.61 Å². The maximum atomic E-state index is 5.78. The molecule has 26 heavy (non-hydrogen) atoms. The van der Waals surface area contributed by atoms with Crippen LogP contribution in [0.1, 0.15) is 57.1 Å². The molecule has 2 heteroatoms. The number of allylic oxidation sites excluding steroid dienone is 1. The Morgan fingerprint density at radius 1 is 0.923 bits per heavy atom. The van der Waals surface area contributed by atoms with Crippen molar-refractivity contribution in [3.8, 4) is 5.75 Å². The molecule has 0 N–H and O–H groups in total. The van der Waals surface area contributed by atoms with Crippen molar-refractivity contribution in [1.29, 1.82) is 0 Å². The molecule has 0 amide bonds. The van der Waals surface area contributed by atoms with E-state index in [0.717, 1.165) is 25.2 Å². The fourth-order valence-electron chi connectivity index (χ4n) is 3.57. The number of hydrogen-bond acceptors (Lipinski definition) is 2. The van der Waals surface area contributed by atoms with Gasteiger partial charge in [0.2, 0.25) is 0 Å². The topological polar surface area (TPSA) is 12.5 Å². The van der Waals surface area contributed by atoms with Gasteiger partial charge >= 0.3 is 0 Å². The monoisotopic (exact) mass is 349 g/mol. The lowest BCUT2D eigenvalue weighted by atomic mass is 9.97. The first kappa shape index (κ1) is 18.6. The van der Waals surface area contributed by atoms with Crippen molar-refractivity contribution >= 4 is 11.3 Å². The molecule has 2 aromatic carbocycles. The van der Waals surface area contributed by atoms with Gasteiger partial charge in [-0.15, -0.1) is 0 Å². The summed E-state index contributed by atoms with van der Waals surface area (Å²) in [5.74, 6) is 0.957. The summed E-state index contributed by atoms with van der Waals surface area (Å²) in [5, 5.41) is 0. The van der Waals surface area contributed by atoms with Crippen LogP contribution >= 0.6 is 0 Å². The summed E-state index contributed by atoms with van der Waals surface area (Å²) >= 11 is 0. The van der Waals surface area contributed by atoms with E-state index in [4.69, 9.17) is 4.74 Å². The zero-order valence-electron chi connectivity index (χ0n) is 16.2. The minimum atomic E-state index is 0.796. The average Bonchev–Trinajstić information content (AvgIpc) is 2.71. The van der Waals surface area contributed by atoms with Crippen LogP contribution in [0.5, 0.6) is 5.75 Å². The quantitative estimate of drug-likeness (QED) is 0.543. The van der Waals surface area contributed by atoms with Gasteiger partial charge in [0.1, 0.15) is 5.75 Å². The van der Waals surface area contributed by atoms with E-state index in [2.05, 4.69) is 73.4 Å². The molecule has 1 saturated heterocycles. The van der Waals surface area contributed by atoms with E-state index in [0.29, 0.717) is 0 Å². The van der Waals surface area contributed by atoms with Crippen molar-refractivity contribution in [2.45, 2.75) is 46.0 Å². The zero-order valence-corrected chi connectivity index (χ0v) is 16.2. The van der Waals surface area contributed by atoms with Crippen LogP contribution in [0.2, 0.25) is 0 Å². The molecule has 0 aromatic heterocycles. The molecule has 2 aromatic rings. The molecule has 1 heterocycles. The molecule has 0 saturated carbocycles. The smallest absolute Gasteiger partial charge is 0.119 e. The molecule has 3 rings (SSSR count). The summed E-state index contributed by atoms with van der Waals surface area (Å²) in [6, 6.07) is 17.5. The van der Waals surface area contributed by atoms with Crippen LogP contribution in [-0.2, 0) is 0 Å². The molecular formula is C24H31NO. The Morgan fingerprint density at radius 2 is 1.54 bits per heavy atom. The van der Waals surface area contributed by atoms with Crippen LogP contribution in [-0.4, -0.2) is 19.7 Å². The van der Waals surface area contributed by atoms with Gasteiger partial charge in [-0.25, -0.2) is 0 Å². The van der Waals surface area contributed by atoms with Crippen LogP contribution < -0.4 is 9.64 Å². The number of benzene rings is 2. The summed E-state index contributed by atoms with van der Waals surface area (Å²) in [5.41, 5.74) is 5.13. The molecule has 138 valence electrons. The second-order valence-corrected chi connectivity index (χ2v) is 7.02. The third kappa shape index (κ3) is 4.69. The number of rotatable bonds is 7. The van der Waals surface area contributed by atoms with Gasteiger partial charge < -0.3 is 9.64 Å². The summed E-state index contributed by atoms with van der Waals surface area (Å²) in [4.78, 5) is 2.51. The SMILES string of the molecule is CC=C(c1ccc(OCCCC)cc1)c1ccc(N2CCCCC2)cc1. The fourth-order valence-corrected chi connectivity index (χ4v) is 3.57. The van der Waals surface area contributed by atoms with Crippen LogP contribution in [0.4, 0.5) is 5.69 Å². The molecule has 0 bridgehead atoms. The van der Waals surface area contributed by atoms with Gasteiger partial charge in [-0.1, -0.05) is 43.7 Å². The molecule has 2 nitrogen and oxygen atoms in total. The molecule has 0 spiro atoms. The van der Waals surface area contributed by atoms with Crippen molar-refractivity contribution < 1.29 is 4.74 Å². The number of anilines is 1. The Balaban J connectivity index is 1.70. The van der Waals surface area contributed by atoms with Gasteiger partial charge in [-0.05, 0) is 73.6 Å². The van der Waals surface area contributed by atoms with E-state index in [-0.39, 0.29) is 0 Å². The second kappa shape index (κ2) is 9.47. The highest BCUT2D eigenvalue weighted by molar-refractivity contribution is 5.80. The van der Waals surface area contributed by atoms with E-state index in [1.165, 1.54) is 54.7 Å². The van der Waals surface area contributed by atoms with Crippen molar-refractivity contribution in [3.63, 3.8) is 0 Å². The highest BCUT2D eigenvalue weighted by atomic mass is 16.5. The third-order valence-electron chi connectivity index (χ3n) is 5.12. The van der Waals surface area contributed by atoms with Gasteiger partial charge in [0.25, 0.3) is 0 Å². The molecule has 0 atom stereocenters. The molecule has 1 aliphatic rings. The predicted molar refractivity (Wildman–Crippen MR) is 112 cm³/mol. The van der Waals surface area contributed by atoms with Gasteiger partial charge in [0.15, 0.2) is 0 Å². The summed E-state index contributed by atoms with van der Waals surface area (Å²) in [6.07, 6.45) is 8.46. The summed E-state index contributed by atoms with van der Waals surface area (Å²) in [6.45, 7) is 7.47. The van der Waals surface area contributed by atoms with E-state index in [9.17, 15) is 0 Å². The van der Waals surface area contributed by atoms with Crippen LogP contribution in [0.3, 0.4) is 0 Å². The Hall–Kier alpha value is -2.22. The number of ether oxygens (including phenoxy) is 1. The first-order valence-corrected chi connectivity index (χ1v) is 10.1. The van der Waals surface area contributed by atoms with Gasteiger partial charge in [0, 0.05) is 18.8 Å². The van der Waals surface area contributed by atoms with Crippen LogP contribution in [0, 0.1) is 0 Å².